The molecule has 0 bridgehead atoms. The number of hydrogen-bond acceptors (Lipinski definition) is 3. The number of fused-ring (bicyclic) bond motifs is 1. The summed E-state index contributed by atoms with van der Waals surface area (Å²) in [5.74, 6) is 1.62. The molecule has 78 valence electrons. The van der Waals surface area contributed by atoms with Crippen molar-refractivity contribution >= 4 is 0 Å². The Morgan fingerprint density at radius 1 is 1.27 bits per heavy atom. The molecule has 0 atom stereocenters. The zero-order chi connectivity index (χ0) is 10.7. The van der Waals surface area contributed by atoms with Gasteiger partial charge in [-0.1, -0.05) is 0 Å². The van der Waals surface area contributed by atoms with E-state index in [1.165, 1.54) is 5.56 Å². The van der Waals surface area contributed by atoms with Gasteiger partial charge in [0.25, 0.3) is 0 Å². The van der Waals surface area contributed by atoms with Crippen LogP contribution in [-0.2, 0) is 6.42 Å². The second-order valence-corrected chi connectivity index (χ2v) is 3.58. The Balaban J connectivity index is 2.28. The summed E-state index contributed by atoms with van der Waals surface area (Å²) < 4.78 is 11.0. The molecule has 3 heteroatoms. The smallest absolute Gasteiger partial charge is 0.161 e. The molecular formula is C12H13NO2. The van der Waals surface area contributed by atoms with Crippen LogP contribution in [0.25, 0.3) is 0 Å². The average Bonchev–Trinajstić information content (AvgIpc) is 2.26. The molecule has 1 aromatic carbocycles. The first-order valence-electron chi connectivity index (χ1n) is 5.07. The molecule has 0 saturated heterocycles. The van der Waals surface area contributed by atoms with Crippen molar-refractivity contribution in [1.29, 1.82) is 5.26 Å². The van der Waals surface area contributed by atoms with Gasteiger partial charge in [0.15, 0.2) is 11.5 Å². The minimum absolute atomic E-state index is 0.542. The van der Waals surface area contributed by atoms with Crippen molar-refractivity contribution < 1.29 is 9.47 Å². The van der Waals surface area contributed by atoms with E-state index < -0.39 is 0 Å². The van der Waals surface area contributed by atoms with E-state index in [4.69, 9.17) is 14.7 Å². The lowest BCUT2D eigenvalue weighted by Crippen LogP contribution is -2.15. The van der Waals surface area contributed by atoms with Gasteiger partial charge in [-0.15, -0.1) is 0 Å². The van der Waals surface area contributed by atoms with Crippen LogP contribution >= 0.6 is 0 Å². The number of ether oxygens (including phenoxy) is 2. The van der Waals surface area contributed by atoms with E-state index in [9.17, 15) is 0 Å². The van der Waals surface area contributed by atoms with Gasteiger partial charge in [-0.3, -0.25) is 0 Å². The normalized spacial score (nSPS) is 13.3. The fourth-order valence-corrected chi connectivity index (χ4v) is 1.69. The van der Waals surface area contributed by atoms with Gasteiger partial charge < -0.3 is 9.47 Å². The lowest BCUT2D eigenvalue weighted by molar-refractivity contribution is 0.171. The Morgan fingerprint density at radius 2 is 1.93 bits per heavy atom. The molecule has 15 heavy (non-hydrogen) atoms. The molecule has 0 aliphatic carbocycles. The average molecular weight is 203 g/mol. The van der Waals surface area contributed by atoms with Gasteiger partial charge in [0.2, 0.25) is 0 Å². The maximum atomic E-state index is 8.55. The number of nitrogens with zero attached hydrogens (tertiary/aromatic N) is 1. The second-order valence-electron chi connectivity index (χ2n) is 3.58. The molecule has 0 amide bonds. The van der Waals surface area contributed by atoms with Crippen LogP contribution in [0, 0.1) is 18.3 Å². The van der Waals surface area contributed by atoms with Crippen LogP contribution in [0.15, 0.2) is 12.1 Å². The van der Waals surface area contributed by atoms with Gasteiger partial charge in [0, 0.05) is 6.42 Å². The zero-order valence-corrected chi connectivity index (χ0v) is 8.75. The Morgan fingerprint density at radius 3 is 2.60 bits per heavy atom. The standard InChI is InChI=1S/C12H13NO2/c1-9-7-11-12(15-6-5-14-11)8-10(9)3-2-4-13/h7-8H,2-3,5-6H2,1H3. The summed E-state index contributed by atoms with van der Waals surface area (Å²) in [5, 5.41) is 8.55. The number of benzene rings is 1. The molecule has 1 heterocycles. The number of aryl methyl sites for hydroxylation is 2. The molecule has 0 saturated carbocycles. The summed E-state index contributed by atoms with van der Waals surface area (Å²) in [5.41, 5.74) is 2.33. The topological polar surface area (TPSA) is 42.2 Å². The largest absolute Gasteiger partial charge is 0.486 e. The Bertz CT molecular complexity index is 407. The molecule has 1 aliphatic rings. The first-order valence-corrected chi connectivity index (χ1v) is 5.07. The van der Waals surface area contributed by atoms with Crippen molar-refractivity contribution in [3.05, 3.63) is 23.3 Å². The molecule has 0 radical (unpaired) electrons. The Labute approximate surface area is 89.2 Å². The van der Waals surface area contributed by atoms with Gasteiger partial charge in [0.1, 0.15) is 13.2 Å². The van der Waals surface area contributed by atoms with E-state index in [0.29, 0.717) is 19.6 Å². The molecule has 0 aromatic heterocycles. The SMILES string of the molecule is Cc1cc2c(cc1CCC#N)OCCO2. The Kier molecular flexibility index (Phi) is 2.77. The number of hydrogen-bond donors (Lipinski definition) is 0. The zero-order valence-electron chi connectivity index (χ0n) is 8.75. The van der Waals surface area contributed by atoms with Crippen molar-refractivity contribution in [3.63, 3.8) is 0 Å². The highest BCUT2D eigenvalue weighted by molar-refractivity contribution is 5.47. The van der Waals surface area contributed by atoms with Crippen LogP contribution in [0.3, 0.4) is 0 Å². The number of rotatable bonds is 2. The van der Waals surface area contributed by atoms with Crippen LogP contribution in [0.4, 0.5) is 0 Å². The van der Waals surface area contributed by atoms with E-state index in [2.05, 4.69) is 6.07 Å². The molecule has 2 rings (SSSR count). The van der Waals surface area contributed by atoms with Gasteiger partial charge in [-0.2, -0.15) is 5.26 Å². The summed E-state index contributed by atoms with van der Waals surface area (Å²) in [7, 11) is 0. The quantitative estimate of drug-likeness (QED) is 0.740. The highest BCUT2D eigenvalue weighted by Gasteiger charge is 2.13. The van der Waals surface area contributed by atoms with Crippen molar-refractivity contribution in [2.45, 2.75) is 19.8 Å². The van der Waals surface area contributed by atoms with Crippen molar-refractivity contribution in [3.8, 4) is 17.6 Å². The summed E-state index contributed by atoms with van der Waals surface area (Å²) >= 11 is 0. The molecule has 0 spiro atoms. The third kappa shape index (κ3) is 2.04. The van der Waals surface area contributed by atoms with E-state index in [1.807, 2.05) is 19.1 Å². The van der Waals surface area contributed by atoms with Crippen molar-refractivity contribution in [2.24, 2.45) is 0 Å². The van der Waals surface area contributed by atoms with Gasteiger partial charge in [-0.25, -0.2) is 0 Å². The van der Waals surface area contributed by atoms with Crippen LogP contribution in [0.2, 0.25) is 0 Å². The van der Waals surface area contributed by atoms with E-state index >= 15 is 0 Å². The second kappa shape index (κ2) is 4.22. The van der Waals surface area contributed by atoms with Gasteiger partial charge in [-0.05, 0) is 36.6 Å². The van der Waals surface area contributed by atoms with Crippen molar-refractivity contribution in [1.82, 2.24) is 0 Å². The predicted octanol–water partition coefficient (Wildman–Crippen LogP) is 2.22. The van der Waals surface area contributed by atoms with E-state index in [0.717, 1.165) is 23.5 Å². The van der Waals surface area contributed by atoms with Crippen LogP contribution in [0.5, 0.6) is 11.5 Å². The predicted molar refractivity (Wildman–Crippen MR) is 56.1 cm³/mol. The van der Waals surface area contributed by atoms with Crippen molar-refractivity contribution in [2.75, 3.05) is 13.2 Å². The summed E-state index contributed by atoms with van der Waals surface area (Å²) in [4.78, 5) is 0. The molecule has 1 aromatic rings. The fourth-order valence-electron chi connectivity index (χ4n) is 1.69. The third-order valence-electron chi connectivity index (χ3n) is 2.51. The monoisotopic (exact) mass is 203 g/mol. The van der Waals surface area contributed by atoms with Crippen LogP contribution in [-0.4, -0.2) is 13.2 Å². The Hall–Kier alpha value is -1.69. The first kappa shape index (κ1) is 9.85. The number of nitriles is 1. The molecular weight excluding hydrogens is 190 g/mol. The molecule has 3 nitrogen and oxygen atoms in total. The van der Waals surface area contributed by atoms with E-state index in [1.54, 1.807) is 0 Å². The lowest BCUT2D eigenvalue weighted by atomic mass is 10.0. The summed E-state index contributed by atoms with van der Waals surface area (Å²) in [6.07, 6.45) is 1.32. The van der Waals surface area contributed by atoms with Gasteiger partial charge >= 0.3 is 0 Å². The molecule has 1 aliphatic heterocycles. The minimum Gasteiger partial charge on any atom is -0.486 e. The highest BCUT2D eigenvalue weighted by atomic mass is 16.6. The first-order chi connectivity index (χ1) is 7.31. The molecule has 0 N–H and O–H groups in total. The van der Waals surface area contributed by atoms with Gasteiger partial charge in [0.05, 0.1) is 6.07 Å². The fraction of sp³-hybridized carbons (Fsp3) is 0.417. The van der Waals surface area contributed by atoms with Crippen LogP contribution < -0.4 is 9.47 Å². The highest BCUT2D eigenvalue weighted by Crippen LogP contribution is 2.33. The van der Waals surface area contributed by atoms with E-state index in [-0.39, 0.29) is 0 Å². The minimum atomic E-state index is 0.542. The van der Waals surface area contributed by atoms with Crippen LogP contribution in [0.1, 0.15) is 17.5 Å². The summed E-state index contributed by atoms with van der Waals surface area (Å²) in [6, 6.07) is 6.13. The summed E-state index contributed by atoms with van der Waals surface area (Å²) in [6.45, 7) is 3.25. The third-order valence-corrected chi connectivity index (χ3v) is 2.51. The maximum Gasteiger partial charge on any atom is 0.161 e. The lowest BCUT2D eigenvalue weighted by Gasteiger charge is -2.20. The maximum absolute atomic E-state index is 8.55. The molecule has 0 fully saturated rings. The molecule has 0 unspecified atom stereocenters.